The number of allylic oxidation sites excluding steroid dienone is 5. The van der Waals surface area contributed by atoms with E-state index >= 15 is 0 Å². The molecule has 0 fully saturated rings. The van der Waals surface area contributed by atoms with Crippen molar-refractivity contribution in [3.05, 3.63) is 36.0 Å². The summed E-state index contributed by atoms with van der Waals surface area (Å²) in [6.45, 7) is 10.4. The van der Waals surface area contributed by atoms with Gasteiger partial charge in [-0.1, -0.05) is 44.2 Å². The molecular formula is C10H14. The Morgan fingerprint density at radius 1 is 1.50 bits per heavy atom. The van der Waals surface area contributed by atoms with Gasteiger partial charge in [0, 0.05) is 5.41 Å². The first kappa shape index (κ1) is 7.33. The van der Waals surface area contributed by atoms with Crippen molar-refractivity contribution in [3.8, 4) is 0 Å². The predicted molar refractivity (Wildman–Crippen MR) is 45.8 cm³/mol. The van der Waals surface area contributed by atoms with Crippen molar-refractivity contribution in [3.63, 3.8) is 0 Å². The number of rotatable bonds is 1. The van der Waals surface area contributed by atoms with Gasteiger partial charge in [0.1, 0.15) is 0 Å². The van der Waals surface area contributed by atoms with Crippen LogP contribution in [0.15, 0.2) is 36.0 Å². The van der Waals surface area contributed by atoms with E-state index in [0.717, 1.165) is 0 Å². The third kappa shape index (κ3) is 1.06. The van der Waals surface area contributed by atoms with E-state index in [1.165, 1.54) is 11.1 Å². The fourth-order valence-corrected chi connectivity index (χ4v) is 1.38. The molecule has 0 unspecified atom stereocenters. The Balaban J connectivity index is 2.93. The van der Waals surface area contributed by atoms with Crippen LogP contribution in [-0.2, 0) is 0 Å². The summed E-state index contributed by atoms with van der Waals surface area (Å²) in [5, 5.41) is 0. The van der Waals surface area contributed by atoms with Gasteiger partial charge in [-0.15, -0.1) is 0 Å². The van der Waals surface area contributed by atoms with Crippen LogP contribution in [-0.4, -0.2) is 0 Å². The van der Waals surface area contributed by atoms with Crippen molar-refractivity contribution in [2.24, 2.45) is 5.41 Å². The highest BCUT2D eigenvalue weighted by Crippen LogP contribution is 2.36. The molecule has 0 aliphatic heterocycles. The lowest BCUT2D eigenvalue weighted by Gasteiger charge is -2.20. The van der Waals surface area contributed by atoms with Crippen molar-refractivity contribution < 1.29 is 0 Å². The Bertz CT molecular complexity index is 214. The molecule has 0 amide bonds. The lowest BCUT2D eigenvalue weighted by Crippen LogP contribution is -2.08. The van der Waals surface area contributed by atoms with Gasteiger partial charge in [-0.25, -0.2) is 0 Å². The minimum atomic E-state index is 0.214. The first-order valence-electron chi connectivity index (χ1n) is 3.60. The van der Waals surface area contributed by atoms with E-state index < -0.39 is 0 Å². The molecule has 0 nitrogen and oxygen atoms in total. The summed E-state index contributed by atoms with van der Waals surface area (Å²) in [7, 11) is 0. The molecular weight excluding hydrogens is 120 g/mol. The normalized spacial score (nSPS) is 20.9. The highest BCUT2D eigenvalue weighted by Gasteiger charge is 2.22. The predicted octanol–water partition coefficient (Wildman–Crippen LogP) is 3.08. The second-order valence-corrected chi connectivity index (χ2v) is 3.44. The van der Waals surface area contributed by atoms with Gasteiger partial charge in [0.05, 0.1) is 0 Å². The average Bonchev–Trinajstić information content (AvgIpc) is 2.08. The first-order chi connectivity index (χ1) is 4.54. The second kappa shape index (κ2) is 2.12. The van der Waals surface area contributed by atoms with E-state index in [0.29, 0.717) is 0 Å². The Labute approximate surface area is 62.9 Å². The zero-order valence-corrected chi connectivity index (χ0v) is 6.94. The zero-order valence-electron chi connectivity index (χ0n) is 6.94. The van der Waals surface area contributed by atoms with Crippen LogP contribution in [0, 0.1) is 5.41 Å². The molecule has 0 aromatic carbocycles. The van der Waals surface area contributed by atoms with E-state index in [-0.39, 0.29) is 5.41 Å². The van der Waals surface area contributed by atoms with Crippen molar-refractivity contribution in [1.82, 2.24) is 0 Å². The van der Waals surface area contributed by atoms with Gasteiger partial charge in [-0.3, -0.25) is 0 Å². The van der Waals surface area contributed by atoms with Crippen molar-refractivity contribution in [1.29, 1.82) is 0 Å². The molecule has 0 aromatic heterocycles. The van der Waals surface area contributed by atoms with Crippen LogP contribution in [0.2, 0.25) is 0 Å². The highest BCUT2D eigenvalue weighted by atomic mass is 14.3. The van der Waals surface area contributed by atoms with Crippen LogP contribution in [0.4, 0.5) is 0 Å². The second-order valence-electron chi connectivity index (χ2n) is 3.44. The summed E-state index contributed by atoms with van der Waals surface area (Å²) in [4.78, 5) is 0. The van der Waals surface area contributed by atoms with Crippen molar-refractivity contribution in [2.75, 3.05) is 0 Å². The van der Waals surface area contributed by atoms with Gasteiger partial charge >= 0.3 is 0 Å². The van der Waals surface area contributed by atoms with Crippen molar-refractivity contribution in [2.45, 2.75) is 20.8 Å². The molecule has 0 N–H and O–H groups in total. The molecule has 1 rings (SSSR count). The van der Waals surface area contributed by atoms with Crippen LogP contribution < -0.4 is 0 Å². The minimum absolute atomic E-state index is 0.214. The molecule has 0 saturated heterocycles. The zero-order chi connectivity index (χ0) is 7.78. The summed E-state index contributed by atoms with van der Waals surface area (Å²) in [6, 6.07) is 0. The molecule has 54 valence electrons. The van der Waals surface area contributed by atoms with Gasteiger partial charge in [-0.05, 0) is 12.5 Å². The van der Waals surface area contributed by atoms with Gasteiger partial charge in [0.2, 0.25) is 0 Å². The maximum absolute atomic E-state index is 3.92. The third-order valence-corrected chi connectivity index (χ3v) is 1.93. The third-order valence-electron chi connectivity index (χ3n) is 1.93. The highest BCUT2D eigenvalue weighted by molar-refractivity contribution is 5.43. The lowest BCUT2D eigenvalue weighted by molar-refractivity contribution is 0.598. The first-order valence-corrected chi connectivity index (χ1v) is 3.60. The molecule has 0 radical (unpaired) electrons. The fraction of sp³-hybridized carbons (Fsp3) is 0.400. The van der Waals surface area contributed by atoms with Gasteiger partial charge in [-0.2, -0.15) is 0 Å². The van der Waals surface area contributed by atoms with Crippen LogP contribution in [0.25, 0.3) is 0 Å². The summed E-state index contributed by atoms with van der Waals surface area (Å²) >= 11 is 0. The summed E-state index contributed by atoms with van der Waals surface area (Å²) < 4.78 is 0. The minimum Gasteiger partial charge on any atom is -0.0958 e. The fourth-order valence-electron chi connectivity index (χ4n) is 1.38. The monoisotopic (exact) mass is 134 g/mol. The summed E-state index contributed by atoms with van der Waals surface area (Å²) in [5.41, 5.74) is 2.74. The molecule has 10 heavy (non-hydrogen) atoms. The molecule has 0 bridgehead atoms. The molecule has 0 heteroatoms. The average molecular weight is 134 g/mol. The Morgan fingerprint density at radius 3 is 2.30 bits per heavy atom. The lowest BCUT2D eigenvalue weighted by atomic mass is 9.84. The quantitative estimate of drug-likeness (QED) is 0.517. The molecule has 1 aliphatic carbocycles. The maximum Gasteiger partial charge on any atom is 0.00808 e. The van der Waals surface area contributed by atoms with E-state index in [9.17, 15) is 0 Å². The molecule has 1 aliphatic rings. The van der Waals surface area contributed by atoms with Crippen LogP contribution in [0.3, 0.4) is 0 Å². The topological polar surface area (TPSA) is 0 Å². The molecule has 0 aromatic rings. The van der Waals surface area contributed by atoms with Gasteiger partial charge < -0.3 is 0 Å². The van der Waals surface area contributed by atoms with E-state index in [4.69, 9.17) is 0 Å². The van der Waals surface area contributed by atoms with Crippen LogP contribution >= 0.6 is 0 Å². The van der Waals surface area contributed by atoms with Crippen molar-refractivity contribution >= 4 is 0 Å². The Kier molecular flexibility index (Phi) is 1.55. The molecule has 0 saturated carbocycles. The van der Waals surface area contributed by atoms with Crippen LogP contribution in [0.5, 0.6) is 0 Å². The van der Waals surface area contributed by atoms with Gasteiger partial charge in [0.15, 0.2) is 0 Å². The maximum atomic E-state index is 3.92. The number of hydrogen-bond acceptors (Lipinski definition) is 0. The number of hydrogen-bond donors (Lipinski definition) is 0. The standard InChI is InChI=1S/C10H14/c1-8(2)9-6-5-7-10(9,3)4/h5-7H,1H2,2-4H3. The molecule has 0 spiro atoms. The summed E-state index contributed by atoms with van der Waals surface area (Å²) in [5.74, 6) is 0. The SMILES string of the molecule is C=C(C)C1=CC=CC1(C)C. The van der Waals surface area contributed by atoms with E-state index in [1.807, 2.05) is 0 Å². The largest absolute Gasteiger partial charge is 0.0958 e. The Hall–Kier alpha value is -0.780. The van der Waals surface area contributed by atoms with E-state index in [1.54, 1.807) is 0 Å². The van der Waals surface area contributed by atoms with E-state index in [2.05, 4.69) is 45.6 Å². The smallest absolute Gasteiger partial charge is 0.00808 e. The Morgan fingerprint density at radius 2 is 2.10 bits per heavy atom. The molecule has 0 atom stereocenters. The van der Waals surface area contributed by atoms with Crippen LogP contribution in [0.1, 0.15) is 20.8 Å². The van der Waals surface area contributed by atoms with Gasteiger partial charge in [0.25, 0.3) is 0 Å². The molecule has 0 heterocycles. The summed E-state index contributed by atoms with van der Waals surface area (Å²) in [6.07, 6.45) is 6.45.